The van der Waals surface area contributed by atoms with Gasteiger partial charge >= 0.3 is 0 Å². The summed E-state index contributed by atoms with van der Waals surface area (Å²) in [5.41, 5.74) is 12.3. The average molecular weight is 729 g/mol. The Morgan fingerprint density at radius 1 is 0.404 bits per heavy atom. The molecule has 0 saturated carbocycles. The van der Waals surface area contributed by atoms with Crippen LogP contribution in [0.15, 0.2) is 200 Å². The van der Waals surface area contributed by atoms with E-state index in [-0.39, 0.29) is 6.71 Å². The second-order valence-electron chi connectivity index (χ2n) is 14.9. The van der Waals surface area contributed by atoms with Crippen LogP contribution in [0.3, 0.4) is 0 Å². The van der Waals surface area contributed by atoms with Gasteiger partial charge in [0.1, 0.15) is 11.5 Å². The Morgan fingerprint density at radius 2 is 1.09 bits per heavy atom. The standard InChI is InChI=1S/C52H33BN2O2/c1-3-13-38(14-4-1)53-43-18-8-11-21-48(43)56-50-33-37(26-29-44(50)53)34-23-24-36-32-40(27-25-35(36)31-34)55-45-19-9-7-17-41(45)42-28-30-47-52(51(42)55)57-49-22-12-10-20-46(49)54(47)39-15-5-2-6-16-39/h1-33H. The molecule has 0 amide bonds. The normalized spacial score (nSPS) is 12.8. The van der Waals surface area contributed by atoms with Gasteiger partial charge in [-0.2, -0.15) is 0 Å². The van der Waals surface area contributed by atoms with Gasteiger partial charge < -0.3 is 18.9 Å². The molecule has 0 fully saturated rings. The Kier molecular flexibility index (Phi) is 6.99. The van der Waals surface area contributed by atoms with Gasteiger partial charge in [0.05, 0.1) is 22.4 Å². The lowest BCUT2D eigenvalue weighted by atomic mass is 9.36. The Hall–Kier alpha value is -7.50. The van der Waals surface area contributed by atoms with Crippen molar-refractivity contribution in [3.8, 4) is 39.8 Å². The molecule has 9 aromatic carbocycles. The van der Waals surface area contributed by atoms with Gasteiger partial charge in [0, 0.05) is 22.1 Å². The van der Waals surface area contributed by atoms with Crippen LogP contribution < -0.4 is 30.8 Å². The van der Waals surface area contributed by atoms with Crippen molar-refractivity contribution in [3.05, 3.63) is 200 Å². The molecule has 266 valence electrons. The van der Waals surface area contributed by atoms with E-state index in [0.29, 0.717) is 0 Å². The minimum Gasteiger partial charge on any atom is -0.458 e. The third-order valence-corrected chi connectivity index (χ3v) is 11.7. The zero-order valence-electron chi connectivity index (χ0n) is 30.8. The van der Waals surface area contributed by atoms with Crippen molar-refractivity contribution < 1.29 is 9.47 Å². The number of para-hydroxylation sites is 5. The number of hydrogen-bond acceptors (Lipinski definition) is 3. The summed E-state index contributed by atoms with van der Waals surface area (Å²) in [5.74, 6) is 3.49. The maximum Gasteiger partial charge on any atom is 0.250 e. The smallest absolute Gasteiger partial charge is 0.250 e. The van der Waals surface area contributed by atoms with E-state index in [2.05, 4.69) is 198 Å². The van der Waals surface area contributed by atoms with E-state index in [0.717, 1.165) is 78.7 Å². The molecule has 0 radical (unpaired) electrons. The molecular formula is C52H33BN2O2. The predicted octanol–water partition coefficient (Wildman–Crippen LogP) is 11.8. The first-order valence-corrected chi connectivity index (χ1v) is 19.5. The Morgan fingerprint density at radius 3 is 1.98 bits per heavy atom. The molecule has 12 rings (SSSR count). The van der Waals surface area contributed by atoms with E-state index in [9.17, 15) is 0 Å². The zero-order valence-corrected chi connectivity index (χ0v) is 30.8. The maximum atomic E-state index is 6.90. The average Bonchev–Trinajstić information content (AvgIpc) is 3.62. The van der Waals surface area contributed by atoms with Crippen LogP contribution >= 0.6 is 0 Å². The minimum absolute atomic E-state index is 0.114. The molecule has 2 aliphatic heterocycles. The van der Waals surface area contributed by atoms with Gasteiger partial charge in [-0.25, -0.2) is 0 Å². The van der Waals surface area contributed by atoms with E-state index in [4.69, 9.17) is 9.47 Å². The van der Waals surface area contributed by atoms with Crippen LogP contribution in [0.5, 0.6) is 23.0 Å². The van der Waals surface area contributed by atoms with Crippen LogP contribution in [-0.2, 0) is 0 Å². The highest BCUT2D eigenvalue weighted by molar-refractivity contribution is 6.96. The van der Waals surface area contributed by atoms with Gasteiger partial charge in [-0.3, -0.25) is 0 Å². The van der Waals surface area contributed by atoms with Crippen molar-refractivity contribution in [2.45, 2.75) is 0 Å². The van der Waals surface area contributed by atoms with Crippen molar-refractivity contribution in [1.82, 2.24) is 4.57 Å². The third-order valence-electron chi connectivity index (χ3n) is 11.7. The summed E-state index contributed by atoms with van der Waals surface area (Å²) in [4.78, 5) is 2.31. The first-order chi connectivity index (χ1) is 28.3. The zero-order chi connectivity index (χ0) is 37.5. The lowest BCUT2D eigenvalue weighted by molar-refractivity contribution is 0.481. The topological polar surface area (TPSA) is 26.6 Å². The molecule has 2 aliphatic rings. The van der Waals surface area contributed by atoms with Crippen molar-refractivity contribution >= 4 is 72.7 Å². The molecule has 5 heteroatoms. The summed E-state index contributed by atoms with van der Waals surface area (Å²) < 4.78 is 15.9. The SMILES string of the molecule is c1ccc(B2c3ccccc3Oc3cc(-c4ccc5cc(-n6c7ccccc7c7ccc8c(c76)Oc6ccccc6N8c6ccccc6)ccc5c4)ccc32)cc1. The molecule has 3 heterocycles. The maximum absolute atomic E-state index is 6.90. The molecule has 10 aromatic rings. The number of rotatable bonds is 4. The van der Waals surface area contributed by atoms with Gasteiger partial charge in [-0.1, -0.05) is 133 Å². The fourth-order valence-electron chi connectivity index (χ4n) is 9.08. The van der Waals surface area contributed by atoms with Crippen molar-refractivity contribution in [2.24, 2.45) is 0 Å². The third kappa shape index (κ3) is 4.95. The van der Waals surface area contributed by atoms with Crippen LogP contribution in [-0.4, -0.2) is 11.3 Å². The number of anilines is 3. The Balaban J connectivity index is 0.978. The quantitative estimate of drug-likeness (QED) is 0.169. The first kappa shape index (κ1) is 31.8. The number of aromatic nitrogens is 1. The molecule has 0 unspecified atom stereocenters. The van der Waals surface area contributed by atoms with Gasteiger partial charge in [0.25, 0.3) is 6.71 Å². The van der Waals surface area contributed by atoms with Crippen LogP contribution in [0.25, 0.3) is 49.4 Å². The van der Waals surface area contributed by atoms with Gasteiger partial charge in [0.2, 0.25) is 0 Å². The summed E-state index contributed by atoms with van der Waals surface area (Å²) in [6.07, 6.45) is 0. The Labute approximate surface area is 330 Å². The Bertz CT molecular complexity index is 3210. The molecule has 57 heavy (non-hydrogen) atoms. The van der Waals surface area contributed by atoms with Crippen molar-refractivity contribution in [2.75, 3.05) is 4.90 Å². The summed E-state index contributed by atoms with van der Waals surface area (Å²) in [6, 6.07) is 71.3. The number of nitrogens with zero attached hydrogens (tertiary/aromatic N) is 2. The summed E-state index contributed by atoms with van der Waals surface area (Å²) in [5, 5.41) is 4.67. The molecule has 0 N–H and O–H groups in total. The summed E-state index contributed by atoms with van der Waals surface area (Å²) in [6.45, 7) is 0.114. The van der Waals surface area contributed by atoms with Gasteiger partial charge in [-0.05, 0) is 106 Å². The van der Waals surface area contributed by atoms with Crippen LogP contribution in [0.4, 0.5) is 17.1 Å². The van der Waals surface area contributed by atoms with E-state index < -0.39 is 0 Å². The first-order valence-electron chi connectivity index (χ1n) is 19.5. The highest BCUT2D eigenvalue weighted by Gasteiger charge is 2.33. The molecule has 0 spiro atoms. The monoisotopic (exact) mass is 728 g/mol. The van der Waals surface area contributed by atoms with Crippen LogP contribution in [0.1, 0.15) is 0 Å². The molecule has 0 aliphatic carbocycles. The highest BCUT2D eigenvalue weighted by Crippen LogP contribution is 2.54. The number of ether oxygens (including phenoxy) is 2. The molecule has 4 nitrogen and oxygen atoms in total. The van der Waals surface area contributed by atoms with Gasteiger partial charge in [-0.15, -0.1) is 0 Å². The molecule has 1 aromatic heterocycles. The molecule has 0 atom stereocenters. The fourth-order valence-corrected chi connectivity index (χ4v) is 9.08. The summed E-state index contributed by atoms with van der Waals surface area (Å²) >= 11 is 0. The number of fused-ring (bicyclic) bond motifs is 9. The van der Waals surface area contributed by atoms with E-state index in [1.54, 1.807) is 0 Å². The van der Waals surface area contributed by atoms with E-state index >= 15 is 0 Å². The number of benzene rings is 9. The van der Waals surface area contributed by atoms with E-state index in [1.807, 2.05) is 12.1 Å². The van der Waals surface area contributed by atoms with Gasteiger partial charge in [0.15, 0.2) is 11.5 Å². The molecule has 0 bridgehead atoms. The van der Waals surface area contributed by atoms with E-state index in [1.165, 1.54) is 27.2 Å². The largest absolute Gasteiger partial charge is 0.458 e. The highest BCUT2D eigenvalue weighted by atomic mass is 16.5. The lowest BCUT2D eigenvalue weighted by Gasteiger charge is -2.33. The van der Waals surface area contributed by atoms with Crippen molar-refractivity contribution in [1.29, 1.82) is 0 Å². The molecule has 0 saturated heterocycles. The minimum atomic E-state index is 0.114. The molecular weight excluding hydrogens is 695 g/mol. The number of hydrogen-bond donors (Lipinski definition) is 0. The fraction of sp³-hybridized carbons (Fsp3) is 0. The van der Waals surface area contributed by atoms with Crippen LogP contribution in [0, 0.1) is 0 Å². The second-order valence-corrected chi connectivity index (χ2v) is 14.9. The van der Waals surface area contributed by atoms with Crippen molar-refractivity contribution in [3.63, 3.8) is 0 Å². The van der Waals surface area contributed by atoms with Crippen LogP contribution in [0.2, 0.25) is 0 Å². The lowest BCUT2D eigenvalue weighted by Crippen LogP contribution is -2.54. The predicted molar refractivity (Wildman–Crippen MR) is 236 cm³/mol. The second kappa shape index (κ2) is 12.5. The summed E-state index contributed by atoms with van der Waals surface area (Å²) in [7, 11) is 0.